The second-order valence-electron chi connectivity index (χ2n) is 6.75. The lowest BCUT2D eigenvalue weighted by atomic mass is 10.0. The fraction of sp³-hybridized carbons (Fsp3) is 0.421. The summed E-state index contributed by atoms with van der Waals surface area (Å²) < 4.78 is 10.2. The number of fused-ring (bicyclic) bond motifs is 1. The van der Waals surface area contributed by atoms with E-state index in [1.165, 1.54) is 30.0 Å². The van der Waals surface area contributed by atoms with Gasteiger partial charge in [0.05, 0.1) is 17.9 Å². The van der Waals surface area contributed by atoms with Gasteiger partial charge in [0, 0.05) is 30.2 Å². The van der Waals surface area contributed by atoms with E-state index in [2.05, 4.69) is 10.3 Å². The molecule has 172 valence electrons. The summed E-state index contributed by atoms with van der Waals surface area (Å²) in [4.78, 5) is 53.8. The number of nitrogens with one attached hydrogen (secondary N) is 1. The van der Waals surface area contributed by atoms with Crippen LogP contribution in [0, 0.1) is 0 Å². The van der Waals surface area contributed by atoms with Gasteiger partial charge in [-0.15, -0.1) is 23.1 Å². The number of β-lactam (4-membered cyclic amide) rings is 1. The molecule has 11 nitrogen and oxygen atoms in total. The lowest BCUT2D eigenvalue weighted by molar-refractivity contribution is -0.150. The first-order valence-electron chi connectivity index (χ1n) is 9.58. The predicted octanol–water partition coefficient (Wildman–Crippen LogP) is 0.447. The number of carbonyl (C=O) groups is 4. The maximum atomic E-state index is 13.0. The summed E-state index contributed by atoms with van der Waals surface area (Å²) in [6.07, 6.45) is 1.56. The molecule has 3 heterocycles. The Hall–Kier alpha value is -2.90. The number of aliphatic carboxylic acids is 1. The topological polar surface area (TPSA) is 161 Å². The van der Waals surface area contributed by atoms with Crippen LogP contribution in [-0.2, 0) is 28.7 Å². The molecule has 0 bridgehead atoms. The largest absolute Gasteiger partial charge is 0.477 e. The molecule has 2 amide bonds. The molecule has 2 aliphatic heterocycles. The quantitative estimate of drug-likeness (QED) is 0.195. The minimum atomic E-state index is -1.30. The molecule has 1 aromatic heterocycles. The van der Waals surface area contributed by atoms with Crippen LogP contribution >= 0.6 is 23.1 Å². The van der Waals surface area contributed by atoms with Gasteiger partial charge in [0.1, 0.15) is 23.7 Å². The van der Waals surface area contributed by atoms with Gasteiger partial charge in [-0.05, 0) is 13.0 Å². The van der Waals surface area contributed by atoms with Crippen LogP contribution in [0.4, 0.5) is 5.13 Å². The molecule has 1 saturated heterocycles. The molecule has 2 atom stereocenters. The van der Waals surface area contributed by atoms with Gasteiger partial charge < -0.3 is 25.6 Å². The number of thiazole rings is 1. The van der Waals surface area contributed by atoms with E-state index >= 15 is 0 Å². The first-order chi connectivity index (χ1) is 15.2. The van der Waals surface area contributed by atoms with Crippen molar-refractivity contribution < 1.29 is 33.8 Å². The van der Waals surface area contributed by atoms with Gasteiger partial charge >= 0.3 is 11.9 Å². The molecule has 0 spiro atoms. The standard InChI is InChI=1S/C19H22N4O7S2/c1-3-29-5-4-11(12-8-32-19(20)21-12)15(25)22-13-16(26)23-14(18(27)28)10(6-30-9(2)24)7-31-17(13)23/h4,8,13,17H,3,5-7H2,1-2H3,(H2,20,21)(H,22,25)(H,27,28)/t13?,17-/m1/s1. The Balaban J connectivity index is 1.77. The molecule has 1 fully saturated rings. The van der Waals surface area contributed by atoms with Crippen LogP contribution in [0.15, 0.2) is 22.7 Å². The van der Waals surface area contributed by atoms with Crippen LogP contribution in [0.1, 0.15) is 19.5 Å². The molecule has 1 unspecified atom stereocenters. The first-order valence-corrected chi connectivity index (χ1v) is 11.5. The average molecular weight is 483 g/mol. The number of carbonyl (C=O) groups excluding carboxylic acids is 3. The second kappa shape index (κ2) is 10.1. The minimum Gasteiger partial charge on any atom is -0.477 e. The van der Waals surface area contributed by atoms with Crippen LogP contribution in [-0.4, -0.2) is 75.7 Å². The molecule has 4 N–H and O–H groups in total. The van der Waals surface area contributed by atoms with Crippen LogP contribution in [0.3, 0.4) is 0 Å². The van der Waals surface area contributed by atoms with Crippen molar-refractivity contribution in [2.45, 2.75) is 25.3 Å². The lowest BCUT2D eigenvalue weighted by Crippen LogP contribution is -2.70. The average Bonchev–Trinajstić information content (AvgIpc) is 3.18. The summed E-state index contributed by atoms with van der Waals surface area (Å²) in [5, 5.41) is 13.6. The van der Waals surface area contributed by atoms with E-state index in [0.717, 1.165) is 4.90 Å². The number of nitrogens with zero attached hydrogens (tertiary/aromatic N) is 2. The predicted molar refractivity (Wildman–Crippen MR) is 117 cm³/mol. The molecule has 2 aliphatic rings. The van der Waals surface area contributed by atoms with E-state index in [9.17, 15) is 24.3 Å². The molecule has 32 heavy (non-hydrogen) atoms. The van der Waals surface area contributed by atoms with Crippen LogP contribution in [0.5, 0.6) is 0 Å². The molecule has 0 aromatic carbocycles. The van der Waals surface area contributed by atoms with Gasteiger partial charge in [-0.1, -0.05) is 0 Å². The highest BCUT2D eigenvalue weighted by Crippen LogP contribution is 2.40. The summed E-state index contributed by atoms with van der Waals surface area (Å²) in [6, 6.07) is -0.913. The van der Waals surface area contributed by atoms with Gasteiger partial charge in [0.2, 0.25) is 0 Å². The van der Waals surface area contributed by atoms with Crippen molar-refractivity contribution in [3.05, 3.63) is 28.4 Å². The monoisotopic (exact) mass is 482 g/mol. The number of ether oxygens (including phenoxy) is 2. The summed E-state index contributed by atoms with van der Waals surface area (Å²) in [5.41, 5.74) is 6.36. The SMILES string of the molecule is CCOCC=C(C(=O)NC1C(=O)N2C(C(=O)O)=C(COC(C)=O)CS[C@H]12)c1csc(N)n1. The highest BCUT2D eigenvalue weighted by atomic mass is 32.2. The zero-order valence-electron chi connectivity index (χ0n) is 17.3. The summed E-state index contributed by atoms with van der Waals surface area (Å²) in [5.74, 6) is -2.71. The Labute approximate surface area is 191 Å². The summed E-state index contributed by atoms with van der Waals surface area (Å²) in [6.45, 7) is 3.45. The van der Waals surface area contributed by atoms with Crippen molar-refractivity contribution in [1.82, 2.24) is 15.2 Å². The van der Waals surface area contributed by atoms with Crippen LogP contribution < -0.4 is 11.1 Å². The molecule has 0 aliphatic carbocycles. The molecular weight excluding hydrogens is 460 g/mol. The third kappa shape index (κ3) is 4.95. The zero-order chi connectivity index (χ0) is 23.4. The molecule has 0 saturated carbocycles. The van der Waals surface area contributed by atoms with Gasteiger partial charge in [0.25, 0.3) is 11.8 Å². The first kappa shape index (κ1) is 23.8. The number of carboxylic acids is 1. The molecule has 13 heteroatoms. The van der Waals surface area contributed by atoms with Crippen molar-refractivity contribution in [2.75, 3.05) is 31.3 Å². The van der Waals surface area contributed by atoms with E-state index < -0.39 is 35.2 Å². The van der Waals surface area contributed by atoms with Crippen molar-refractivity contribution >= 4 is 57.6 Å². The normalized spacial score (nSPS) is 20.5. The minimum absolute atomic E-state index is 0.172. The van der Waals surface area contributed by atoms with Gasteiger partial charge in [0.15, 0.2) is 5.13 Å². The number of hydrogen-bond acceptors (Lipinski definition) is 10. The maximum absolute atomic E-state index is 13.0. The number of carboxylic acid groups (broad SMARTS) is 1. The number of thioether (sulfide) groups is 1. The number of hydrogen-bond donors (Lipinski definition) is 3. The second-order valence-corrected chi connectivity index (χ2v) is 8.74. The molecular formula is C19H22N4O7S2. The van der Waals surface area contributed by atoms with Crippen molar-refractivity contribution in [3.8, 4) is 0 Å². The third-order valence-electron chi connectivity index (χ3n) is 4.64. The number of nitrogens with two attached hydrogens (primary N) is 1. The Bertz CT molecular complexity index is 1000. The Morgan fingerprint density at radius 3 is 2.78 bits per heavy atom. The fourth-order valence-electron chi connectivity index (χ4n) is 3.19. The molecule has 0 radical (unpaired) electrons. The van der Waals surface area contributed by atoms with Crippen molar-refractivity contribution in [1.29, 1.82) is 0 Å². The van der Waals surface area contributed by atoms with E-state index in [4.69, 9.17) is 15.2 Å². The van der Waals surface area contributed by atoms with E-state index in [-0.39, 0.29) is 30.2 Å². The van der Waals surface area contributed by atoms with Crippen LogP contribution in [0.2, 0.25) is 0 Å². The van der Waals surface area contributed by atoms with Gasteiger partial charge in [-0.3, -0.25) is 19.3 Å². The summed E-state index contributed by atoms with van der Waals surface area (Å²) in [7, 11) is 0. The summed E-state index contributed by atoms with van der Waals surface area (Å²) >= 11 is 2.46. The maximum Gasteiger partial charge on any atom is 0.352 e. The van der Waals surface area contributed by atoms with Crippen molar-refractivity contribution in [3.63, 3.8) is 0 Å². The fourth-order valence-corrected chi connectivity index (χ4v) is 5.08. The number of esters is 1. The highest BCUT2D eigenvalue weighted by Gasteiger charge is 2.54. The van der Waals surface area contributed by atoms with E-state index in [1.807, 2.05) is 6.92 Å². The Morgan fingerprint density at radius 1 is 1.44 bits per heavy atom. The molecule has 1 aromatic rings. The Morgan fingerprint density at radius 2 is 2.19 bits per heavy atom. The lowest BCUT2D eigenvalue weighted by Gasteiger charge is -2.49. The highest BCUT2D eigenvalue weighted by molar-refractivity contribution is 8.00. The number of anilines is 1. The zero-order valence-corrected chi connectivity index (χ0v) is 19.0. The molecule has 3 rings (SSSR count). The van der Waals surface area contributed by atoms with E-state index in [1.54, 1.807) is 11.5 Å². The number of nitrogen functional groups attached to an aromatic ring is 1. The number of rotatable bonds is 9. The Kier molecular flexibility index (Phi) is 7.53. The number of aromatic nitrogens is 1. The number of amides is 2. The third-order valence-corrected chi connectivity index (χ3v) is 6.65. The van der Waals surface area contributed by atoms with Gasteiger partial charge in [-0.25, -0.2) is 9.78 Å². The van der Waals surface area contributed by atoms with Gasteiger partial charge in [-0.2, -0.15) is 0 Å². The van der Waals surface area contributed by atoms with E-state index in [0.29, 0.717) is 23.0 Å². The van der Waals surface area contributed by atoms with Crippen LogP contribution in [0.25, 0.3) is 5.57 Å². The smallest absolute Gasteiger partial charge is 0.352 e. The van der Waals surface area contributed by atoms with Crippen molar-refractivity contribution in [2.24, 2.45) is 0 Å².